The van der Waals surface area contributed by atoms with E-state index in [4.69, 9.17) is 14.2 Å². The molecule has 2 aromatic carbocycles. The molecular weight excluding hydrogens is 380 g/mol. The standard InChI is InChI=1S/C25H34O5/c1-3-4-6-11-23(29-19-21-12-14-22(28-2)15-13-21)16-24(17-25(26)27)30-18-20-9-7-5-8-10-20/h5,7-10,12-15,23-24H,3-4,6,11,16-19H2,1-2H3,(H,26,27)/t23-,24-/m1/s1. The zero-order chi connectivity index (χ0) is 21.6. The topological polar surface area (TPSA) is 65.0 Å². The van der Waals surface area contributed by atoms with Crippen molar-refractivity contribution in [2.45, 2.75) is 70.9 Å². The highest BCUT2D eigenvalue weighted by Crippen LogP contribution is 2.20. The summed E-state index contributed by atoms with van der Waals surface area (Å²) in [6, 6.07) is 17.6. The zero-order valence-electron chi connectivity index (χ0n) is 18.1. The molecule has 0 saturated carbocycles. The van der Waals surface area contributed by atoms with Gasteiger partial charge in [-0.05, 0) is 29.7 Å². The summed E-state index contributed by atoms with van der Waals surface area (Å²) in [5.74, 6) is -0.0374. The van der Waals surface area contributed by atoms with Crippen LogP contribution in [-0.4, -0.2) is 30.4 Å². The lowest BCUT2D eigenvalue weighted by Gasteiger charge is -2.24. The molecular formula is C25H34O5. The molecule has 30 heavy (non-hydrogen) atoms. The molecule has 5 heteroatoms. The number of methoxy groups -OCH3 is 1. The van der Waals surface area contributed by atoms with E-state index in [1.54, 1.807) is 7.11 Å². The molecule has 0 aliphatic carbocycles. The first kappa shape index (κ1) is 23.9. The smallest absolute Gasteiger partial charge is 0.305 e. The third-order valence-electron chi connectivity index (χ3n) is 5.03. The second-order valence-electron chi connectivity index (χ2n) is 7.53. The minimum Gasteiger partial charge on any atom is -0.497 e. The van der Waals surface area contributed by atoms with Gasteiger partial charge in [-0.3, -0.25) is 4.79 Å². The largest absolute Gasteiger partial charge is 0.497 e. The molecule has 2 aromatic rings. The quantitative estimate of drug-likeness (QED) is 0.384. The lowest BCUT2D eigenvalue weighted by molar-refractivity contribution is -0.141. The lowest BCUT2D eigenvalue weighted by Crippen LogP contribution is -2.26. The molecule has 0 aliphatic rings. The molecule has 0 bridgehead atoms. The molecule has 5 nitrogen and oxygen atoms in total. The van der Waals surface area contributed by atoms with Crippen molar-refractivity contribution < 1.29 is 24.1 Å². The van der Waals surface area contributed by atoms with Gasteiger partial charge in [-0.2, -0.15) is 0 Å². The van der Waals surface area contributed by atoms with Crippen LogP contribution in [0, 0.1) is 0 Å². The number of rotatable bonds is 15. The van der Waals surface area contributed by atoms with Gasteiger partial charge in [-0.1, -0.05) is 68.7 Å². The Labute approximate surface area is 180 Å². The van der Waals surface area contributed by atoms with Gasteiger partial charge in [0.05, 0.1) is 39.0 Å². The number of hydrogen-bond donors (Lipinski definition) is 1. The normalized spacial score (nSPS) is 13.0. The van der Waals surface area contributed by atoms with E-state index in [9.17, 15) is 9.90 Å². The first-order chi connectivity index (χ1) is 14.6. The molecule has 0 amide bonds. The van der Waals surface area contributed by atoms with Crippen LogP contribution < -0.4 is 4.74 Å². The van der Waals surface area contributed by atoms with E-state index in [0.717, 1.165) is 42.6 Å². The minimum atomic E-state index is -0.851. The fourth-order valence-electron chi connectivity index (χ4n) is 3.31. The van der Waals surface area contributed by atoms with Crippen molar-refractivity contribution in [1.82, 2.24) is 0 Å². The Morgan fingerprint density at radius 1 is 0.900 bits per heavy atom. The Kier molecular flexibility index (Phi) is 11.0. The fourth-order valence-corrected chi connectivity index (χ4v) is 3.31. The second kappa shape index (κ2) is 13.8. The van der Waals surface area contributed by atoms with Crippen LogP contribution in [-0.2, 0) is 27.5 Å². The van der Waals surface area contributed by atoms with Gasteiger partial charge in [0.25, 0.3) is 0 Å². The first-order valence-corrected chi connectivity index (χ1v) is 10.7. The molecule has 0 heterocycles. The van der Waals surface area contributed by atoms with Gasteiger partial charge >= 0.3 is 5.97 Å². The van der Waals surface area contributed by atoms with E-state index in [1.807, 2.05) is 54.6 Å². The van der Waals surface area contributed by atoms with Crippen LogP contribution in [0.2, 0.25) is 0 Å². The number of carboxylic acids is 1. The van der Waals surface area contributed by atoms with Crippen molar-refractivity contribution in [3.63, 3.8) is 0 Å². The highest BCUT2D eigenvalue weighted by molar-refractivity contribution is 5.67. The molecule has 2 atom stereocenters. The SMILES string of the molecule is CCCCC[C@H](C[C@H](CC(=O)O)OCc1ccccc1)OCc1ccc(OC)cc1. The van der Waals surface area contributed by atoms with E-state index < -0.39 is 5.97 Å². The maximum atomic E-state index is 11.4. The summed E-state index contributed by atoms with van der Waals surface area (Å²) in [7, 11) is 1.65. The van der Waals surface area contributed by atoms with E-state index >= 15 is 0 Å². The monoisotopic (exact) mass is 414 g/mol. The van der Waals surface area contributed by atoms with Gasteiger partial charge in [-0.15, -0.1) is 0 Å². The predicted octanol–water partition coefficient (Wildman–Crippen LogP) is 5.61. The average Bonchev–Trinajstić information content (AvgIpc) is 2.76. The van der Waals surface area contributed by atoms with E-state index in [-0.39, 0.29) is 18.6 Å². The maximum absolute atomic E-state index is 11.4. The van der Waals surface area contributed by atoms with Crippen LogP contribution in [0.4, 0.5) is 0 Å². The van der Waals surface area contributed by atoms with Gasteiger partial charge in [0.1, 0.15) is 5.75 Å². The summed E-state index contributed by atoms with van der Waals surface area (Å²) in [5.41, 5.74) is 2.10. The summed E-state index contributed by atoms with van der Waals surface area (Å²) in [6.45, 7) is 3.06. The minimum absolute atomic E-state index is 0.0248. The van der Waals surface area contributed by atoms with Gasteiger partial charge in [0, 0.05) is 6.42 Å². The van der Waals surface area contributed by atoms with Crippen LogP contribution in [0.1, 0.15) is 56.6 Å². The third kappa shape index (κ3) is 9.42. The summed E-state index contributed by atoms with van der Waals surface area (Å²) < 4.78 is 17.4. The molecule has 164 valence electrons. The Morgan fingerprint density at radius 2 is 1.53 bits per heavy atom. The molecule has 0 saturated heterocycles. The molecule has 0 unspecified atom stereocenters. The highest BCUT2D eigenvalue weighted by atomic mass is 16.5. The Bertz CT molecular complexity index is 714. The van der Waals surface area contributed by atoms with E-state index in [2.05, 4.69) is 6.92 Å². The molecule has 0 aromatic heterocycles. The van der Waals surface area contributed by atoms with E-state index in [0.29, 0.717) is 19.6 Å². The number of aliphatic carboxylic acids is 1. The van der Waals surface area contributed by atoms with Crippen molar-refractivity contribution in [3.8, 4) is 5.75 Å². The molecule has 0 radical (unpaired) electrons. The molecule has 0 spiro atoms. The van der Waals surface area contributed by atoms with Crippen molar-refractivity contribution in [2.75, 3.05) is 7.11 Å². The summed E-state index contributed by atoms with van der Waals surface area (Å²) >= 11 is 0. The summed E-state index contributed by atoms with van der Waals surface area (Å²) in [5, 5.41) is 9.33. The number of unbranched alkanes of at least 4 members (excludes halogenated alkanes) is 2. The summed E-state index contributed by atoms with van der Waals surface area (Å²) in [6.07, 6.45) is 4.34. The molecule has 1 N–H and O–H groups in total. The lowest BCUT2D eigenvalue weighted by atomic mass is 10.0. The Hall–Kier alpha value is -2.37. The predicted molar refractivity (Wildman–Crippen MR) is 118 cm³/mol. The number of benzene rings is 2. The summed E-state index contributed by atoms with van der Waals surface area (Å²) in [4.78, 5) is 11.4. The molecule has 0 fully saturated rings. The van der Waals surface area contributed by atoms with Crippen molar-refractivity contribution in [3.05, 3.63) is 65.7 Å². The number of carbonyl (C=O) groups is 1. The van der Waals surface area contributed by atoms with E-state index in [1.165, 1.54) is 0 Å². The first-order valence-electron chi connectivity index (χ1n) is 10.7. The van der Waals surface area contributed by atoms with Crippen LogP contribution in [0.5, 0.6) is 5.75 Å². The van der Waals surface area contributed by atoms with Crippen molar-refractivity contribution in [1.29, 1.82) is 0 Å². The van der Waals surface area contributed by atoms with Crippen LogP contribution in [0.15, 0.2) is 54.6 Å². The van der Waals surface area contributed by atoms with Gasteiger partial charge in [0.15, 0.2) is 0 Å². The van der Waals surface area contributed by atoms with Crippen molar-refractivity contribution >= 4 is 5.97 Å². The third-order valence-corrected chi connectivity index (χ3v) is 5.03. The highest BCUT2D eigenvalue weighted by Gasteiger charge is 2.21. The van der Waals surface area contributed by atoms with Gasteiger partial charge in [-0.25, -0.2) is 0 Å². The Balaban J connectivity index is 1.96. The van der Waals surface area contributed by atoms with Crippen LogP contribution >= 0.6 is 0 Å². The molecule has 2 rings (SSSR count). The molecule has 0 aliphatic heterocycles. The van der Waals surface area contributed by atoms with Crippen molar-refractivity contribution in [2.24, 2.45) is 0 Å². The average molecular weight is 415 g/mol. The maximum Gasteiger partial charge on any atom is 0.305 e. The van der Waals surface area contributed by atoms with Crippen LogP contribution in [0.25, 0.3) is 0 Å². The number of hydrogen-bond acceptors (Lipinski definition) is 4. The van der Waals surface area contributed by atoms with Gasteiger partial charge in [0.2, 0.25) is 0 Å². The second-order valence-corrected chi connectivity index (χ2v) is 7.53. The fraction of sp³-hybridized carbons (Fsp3) is 0.480. The van der Waals surface area contributed by atoms with Gasteiger partial charge < -0.3 is 19.3 Å². The number of carboxylic acid groups (broad SMARTS) is 1. The Morgan fingerprint density at radius 3 is 2.13 bits per heavy atom. The number of ether oxygens (including phenoxy) is 3. The van der Waals surface area contributed by atoms with Crippen LogP contribution in [0.3, 0.4) is 0 Å². The zero-order valence-corrected chi connectivity index (χ0v) is 18.1.